The molecular formula is C18H19NO2. The molecule has 21 heavy (non-hydrogen) atoms. The summed E-state index contributed by atoms with van der Waals surface area (Å²) < 4.78 is 0. The maximum Gasteiger partial charge on any atom is 0.232 e. The number of carbonyl (C=O) groups excluding carboxylic acids is 1. The van der Waals surface area contributed by atoms with Crippen molar-refractivity contribution in [3.05, 3.63) is 53.6 Å². The predicted molar refractivity (Wildman–Crippen MR) is 84.1 cm³/mol. The number of nitrogens with zero attached hydrogens (tertiary/aromatic N) is 1. The second-order valence-electron chi connectivity index (χ2n) is 6.33. The number of benzene rings is 2. The Morgan fingerprint density at radius 3 is 2.43 bits per heavy atom. The Kier molecular flexibility index (Phi) is 3.01. The summed E-state index contributed by atoms with van der Waals surface area (Å²) in [5.41, 5.74) is 3.63. The molecule has 0 unspecified atom stereocenters. The molecule has 0 aromatic heterocycles. The van der Waals surface area contributed by atoms with Gasteiger partial charge in [0.05, 0.1) is 5.69 Å². The predicted octanol–water partition coefficient (Wildman–Crippen LogP) is 4.05. The Hall–Kier alpha value is -2.29. The lowest BCUT2D eigenvalue weighted by Crippen LogP contribution is -2.39. The Balaban J connectivity index is 2.19. The van der Waals surface area contributed by atoms with Gasteiger partial charge in [-0.2, -0.15) is 0 Å². The maximum absolute atomic E-state index is 12.6. The molecule has 0 saturated heterocycles. The molecule has 2 aromatic carbocycles. The number of hydrogen-bond donors (Lipinski definition) is 1. The van der Waals surface area contributed by atoms with E-state index >= 15 is 0 Å². The molecule has 0 bridgehead atoms. The number of phenols is 1. The van der Waals surface area contributed by atoms with E-state index in [1.165, 1.54) is 0 Å². The van der Waals surface area contributed by atoms with E-state index in [0.29, 0.717) is 6.42 Å². The van der Waals surface area contributed by atoms with Crippen LogP contribution in [0.4, 0.5) is 11.4 Å². The van der Waals surface area contributed by atoms with Crippen LogP contribution >= 0.6 is 0 Å². The van der Waals surface area contributed by atoms with Gasteiger partial charge in [-0.3, -0.25) is 9.69 Å². The SMILES string of the molecule is Cc1ccc(N2C(=O)CC(C)(C)c3ccc(O)cc32)cc1. The maximum atomic E-state index is 12.6. The van der Waals surface area contributed by atoms with E-state index in [9.17, 15) is 9.90 Å². The van der Waals surface area contributed by atoms with Gasteiger partial charge in [0.1, 0.15) is 5.75 Å². The summed E-state index contributed by atoms with van der Waals surface area (Å²) in [5.74, 6) is 0.235. The molecule has 0 atom stereocenters. The van der Waals surface area contributed by atoms with Crippen LogP contribution in [0.2, 0.25) is 0 Å². The summed E-state index contributed by atoms with van der Waals surface area (Å²) in [5, 5.41) is 9.82. The van der Waals surface area contributed by atoms with Crippen LogP contribution in [0.25, 0.3) is 0 Å². The van der Waals surface area contributed by atoms with E-state index in [0.717, 1.165) is 22.5 Å². The highest BCUT2D eigenvalue weighted by Crippen LogP contribution is 2.44. The van der Waals surface area contributed by atoms with Gasteiger partial charge in [0.15, 0.2) is 0 Å². The van der Waals surface area contributed by atoms with E-state index in [4.69, 9.17) is 0 Å². The normalized spacial score (nSPS) is 16.7. The number of aromatic hydroxyl groups is 1. The average Bonchev–Trinajstić information content (AvgIpc) is 2.39. The fraction of sp³-hybridized carbons (Fsp3) is 0.278. The smallest absolute Gasteiger partial charge is 0.232 e. The summed E-state index contributed by atoms with van der Waals surface area (Å²) in [4.78, 5) is 14.3. The number of aryl methyl sites for hydroxylation is 1. The van der Waals surface area contributed by atoms with Gasteiger partial charge in [0, 0.05) is 23.6 Å². The lowest BCUT2D eigenvalue weighted by atomic mass is 9.77. The van der Waals surface area contributed by atoms with Crippen LogP contribution in [0, 0.1) is 6.92 Å². The largest absolute Gasteiger partial charge is 0.508 e. The number of phenolic OH excluding ortho intramolecular Hbond substituents is 1. The van der Waals surface area contributed by atoms with Gasteiger partial charge in [-0.15, -0.1) is 0 Å². The van der Waals surface area contributed by atoms with Crippen molar-refractivity contribution in [2.75, 3.05) is 4.90 Å². The molecule has 0 aliphatic carbocycles. The standard InChI is InChI=1S/C18H19NO2/c1-12-4-6-13(7-5-12)19-16-10-14(20)8-9-15(16)18(2,3)11-17(19)21/h4-10,20H,11H2,1-3H3. The topological polar surface area (TPSA) is 40.5 Å². The molecule has 1 heterocycles. The second kappa shape index (κ2) is 4.62. The first-order chi connectivity index (χ1) is 9.88. The zero-order valence-corrected chi connectivity index (χ0v) is 12.6. The number of hydrogen-bond acceptors (Lipinski definition) is 2. The first kappa shape index (κ1) is 13.7. The van der Waals surface area contributed by atoms with Crippen molar-refractivity contribution in [2.45, 2.75) is 32.6 Å². The summed E-state index contributed by atoms with van der Waals surface area (Å²) >= 11 is 0. The third-order valence-electron chi connectivity index (χ3n) is 4.09. The lowest BCUT2D eigenvalue weighted by molar-refractivity contribution is -0.119. The number of carbonyl (C=O) groups is 1. The summed E-state index contributed by atoms with van der Waals surface area (Å²) in [6.07, 6.45) is 0.457. The van der Waals surface area contributed by atoms with Crippen molar-refractivity contribution in [1.82, 2.24) is 0 Å². The minimum Gasteiger partial charge on any atom is -0.508 e. The van der Waals surface area contributed by atoms with Crippen LogP contribution < -0.4 is 4.90 Å². The molecule has 3 nitrogen and oxygen atoms in total. The molecule has 2 aromatic rings. The fourth-order valence-corrected chi connectivity index (χ4v) is 2.94. The lowest BCUT2D eigenvalue weighted by Gasteiger charge is -2.38. The summed E-state index contributed by atoms with van der Waals surface area (Å²) in [6.45, 7) is 6.14. The van der Waals surface area contributed by atoms with E-state index in [1.807, 2.05) is 37.3 Å². The molecule has 1 N–H and O–H groups in total. The zero-order chi connectivity index (χ0) is 15.2. The first-order valence-corrected chi connectivity index (χ1v) is 7.12. The Labute approximate surface area is 124 Å². The summed E-state index contributed by atoms with van der Waals surface area (Å²) in [7, 11) is 0. The van der Waals surface area contributed by atoms with Crippen molar-refractivity contribution >= 4 is 17.3 Å². The van der Waals surface area contributed by atoms with E-state index in [1.54, 1.807) is 17.0 Å². The van der Waals surface area contributed by atoms with Crippen LogP contribution in [0.15, 0.2) is 42.5 Å². The monoisotopic (exact) mass is 281 g/mol. The van der Waals surface area contributed by atoms with Crippen molar-refractivity contribution in [3.63, 3.8) is 0 Å². The van der Waals surface area contributed by atoms with E-state index < -0.39 is 0 Å². The Bertz CT molecular complexity index is 702. The molecule has 0 fully saturated rings. The van der Waals surface area contributed by atoms with Crippen LogP contribution in [0.5, 0.6) is 5.75 Å². The molecule has 1 aliphatic heterocycles. The highest BCUT2D eigenvalue weighted by atomic mass is 16.3. The van der Waals surface area contributed by atoms with E-state index in [2.05, 4.69) is 13.8 Å². The number of amides is 1. The van der Waals surface area contributed by atoms with Crippen molar-refractivity contribution in [1.29, 1.82) is 0 Å². The highest BCUT2D eigenvalue weighted by molar-refractivity contribution is 6.04. The van der Waals surface area contributed by atoms with Crippen LogP contribution in [-0.4, -0.2) is 11.0 Å². The summed E-state index contributed by atoms with van der Waals surface area (Å²) in [6, 6.07) is 13.1. The van der Waals surface area contributed by atoms with Crippen molar-refractivity contribution in [2.24, 2.45) is 0 Å². The van der Waals surface area contributed by atoms with Gasteiger partial charge in [-0.1, -0.05) is 37.6 Å². The van der Waals surface area contributed by atoms with Crippen LogP contribution in [0.1, 0.15) is 31.4 Å². The molecule has 0 radical (unpaired) electrons. The van der Waals surface area contributed by atoms with Gasteiger partial charge in [0.25, 0.3) is 0 Å². The van der Waals surface area contributed by atoms with Gasteiger partial charge in [0.2, 0.25) is 5.91 Å². The van der Waals surface area contributed by atoms with Gasteiger partial charge < -0.3 is 5.11 Å². The van der Waals surface area contributed by atoms with Crippen LogP contribution in [-0.2, 0) is 10.2 Å². The highest BCUT2D eigenvalue weighted by Gasteiger charge is 2.37. The molecule has 0 saturated carbocycles. The first-order valence-electron chi connectivity index (χ1n) is 7.12. The number of rotatable bonds is 1. The molecule has 1 amide bonds. The second-order valence-corrected chi connectivity index (χ2v) is 6.33. The Morgan fingerprint density at radius 2 is 1.76 bits per heavy atom. The number of fused-ring (bicyclic) bond motifs is 1. The third kappa shape index (κ3) is 2.29. The molecule has 3 heteroatoms. The molecule has 1 aliphatic rings. The average molecular weight is 281 g/mol. The minimum atomic E-state index is -0.221. The molecule has 3 rings (SSSR count). The van der Waals surface area contributed by atoms with Crippen LogP contribution in [0.3, 0.4) is 0 Å². The third-order valence-corrected chi connectivity index (χ3v) is 4.09. The Morgan fingerprint density at radius 1 is 1.10 bits per heavy atom. The minimum absolute atomic E-state index is 0.0574. The van der Waals surface area contributed by atoms with Crippen molar-refractivity contribution < 1.29 is 9.90 Å². The number of anilines is 2. The molecule has 108 valence electrons. The zero-order valence-electron chi connectivity index (χ0n) is 12.6. The van der Waals surface area contributed by atoms with Gasteiger partial charge in [-0.05, 0) is 30.7 Å². The van der Waals surface area contributed by atoms with Gasteiger partial charge >= 0.3 is 0 Å². The van der Waals surface area contributed by atoms with Gasteiger partial charge in [-0.25, -0.2) is 0 Å². The molecular weight excluding hydrogens is 262 g/mol. The quantitative estimate of drug-likeness (QED) is 0.856. The molecule has 0 spiro atoms. The van der Waals surface area contributed by atoms with Crippen molar-refractivity contribution in [3.8, 4) is 5.75 Å². The fourth-order valence-electron chi connectivity index (χ4n) is 2.94. The van der Waals surface area contributed by atoms with E-state index in [-0.39, 0.29) is 17.1 Å².